The number of rotatable bonds is 8. The van der Waals surface area contributed by atoms with Crippen LogP contribution in [0.4, 0.5) is 14.5 Å². The number of nitrogens with two attached hydrogens (primary N) is 1. The molecule has 4 nitrogen and oxygen atoms in total. The summed E-state index contributed by atoms with van der Waals surface area (Å²) in [5, 5.41) is 2.56. The molecular weight excluding hydrogens is 254 g/mol. The zero-order valence-electron chi connectivity index (χ0n) is 10.6. The number of hydrogen-bond donors (Lipinski definition) is 2. The average Bonchev–Trinajstić information content (AvgIpc) is 2.36. The van der Waals surface area contributed by atoms with Crippen molar-refractivity contribution in [3.63, 3.8) is 0 Å². The van der Waals surface area contributed by atoms with E-state index >= 15 is 0 Å². The van der Waals surface area contributed by atoms with E-state index in [4.69, 9.17) is 5.73 Å². The monoisotopic (exact) mass is 272 g/mol. The molecule has 0 unspecified atom stereocenters. The van der Waals surface area contributed by atoms with Crippen molar-refractivity contribution >= 4 is 11.6 Å². The molecule has 0 aliphatic carbocycles. The molecule has 0 atom stereocenters. The molecule has 0 saturated carbocycles. The highest BCUT2D eigenvalue weighted by Gasteiger charge is 2.11. The zero-order chi connectivity index (χ0) is 14.1. The van der Waals surface area contributed by atoms with Crippen LogP contribution in [-0.4, -0.2) is 19.1 Å². The SMILES string of the molecule is NCCCCCC(=O)Nc1ccccc1OC(F)F. The predicted octanol–water partition coefficient (Wildman–Crippen LogP) is 2.75. The summed E-state index contributed by atoms with van der Waals surface area (Å²) in [6.07, 6.45) is 2.81. The van der Waals surface area contributed by atoms with Gasteiger partial charge in [0.2, 0.25) is 5.91 Å². The number of amides is 1. The highest BCUT2D eigenvalue weighted by atomic mass is 19.3. The molecular formula is C13H18F2N2O2. The lowest BCUT2D eigenvalue weighted by molar-refractivity contribution is -0.116. The van der Waals surface area contributed by atoms with Crippen molar-refractivity contribution in [1.82, 2.24) is 0 Å². The maximum atomic E-state index is 12.2. The third-order valence-electron chi connectivity index (χ3n) is 2.49. The molecule has 0 aromatic heterocycles. The van der Waals surface area contributed by atoms with Gasteiger partial charge in [0.1, 0.15) is 5.75 Å². The number of para-hydroxylation sites is 2. The molecule has 0 aliphatic rings. The van der Waals surface area contributed by atoms with Gasteiger partial charge in [-0.1, -0.05) is 18.6 Å². The number of alkyl halides is 2. The summed E-state index contributed by atoms with van der Waals surface area (Å²) in [6.45, 7) is -2.31. The number of ether oxygens (including phenoxy) is 1. The number of unbranched alkanes of at least 4 members (excludes halogenated alkanes) is 2. The Balaban J connectivity index is 2.49. The first-order valence-corrected chi connectivity index (χ1v) is 6.17. The first-order chi connectivity index (χ1) is 9.13. The summed E-state index contributed by atoms with van der Waals surface area (Å²) in [6, 6.07) is 6.11. The second-order valence-corrected chi connectivity index (χ2v) is 4.02. The quantitative estimate of drug-likeness (QED) is 0.715. The van der Waals surface area contributed by atoms with E-state index < -0.39 is 6.61 Å². The van der Waals surface area contributed by atoms with Gasteiger partial charge in [-0.15, -0.1) is 0 Å². The number of anilines is 1. The molecule has 1 rings (SSSR count). The first kappa shape index (κ1) is 15.4. The fourth-order valence-corrected chi connectivity index (χ4v) is 1.59. The Morgan fingerprint density at radius 3 is 2.68 bits per heavy atom. The molecule has 3 N–H and O–H groups in total. The molecule has 0 heterocycles. The fourth-order valence-electron chi connectivity index (χ4n) is 1.59. The average molecular weight is 272 g/mol. The van der Waals surface area contributed by atoms with Crippen molar-refractivity contribution in [2.45, 2.75) is 32.3 Å². The lowest BCUT2D eigenvalue weighted by Gasteiger charge is -2.11. The van der Waals surface area contributed by atoms with Crippen molar-refractivity contribution in [2.24, 2.45) is 5.73 Å². The van der Waals surface area contributed by atoms with E-state index in [9.17, 15) is 13.6 Å². The van der Waals surface area contributed by atoms with E-state index in [2.05, 4.69) is 10.1 Å². The van der Waals surface area contributed by atoms with Crippen molar-refractivity contribution in [3.8, 4) is 5.75 Å². The molecule has 0 aliphatic heterocycles. The highest BCUT2D eigenvalue weighted by Crippen LogP contribution is 2.25. The van der Waals surface area contributed by atoms with Gasteiger partial charge in [-0.05, 0) is 31.5 Å². The van der Waals surface area contributed by atoms with Crippen LogP contribution in [0, 0.1) is 0 Å². The van der Waals surface area contributed by atoms with Crippen LogP contribution in [0.1, 0.15) is 25.7 Å². The number of halogens is 2. The molecule has 0 radical (unpaired) electrons. The van der Waals surface area contributed by atoms with E-state index in [1.165, 1.54) is 12.1 Å². The normalized spacial score (nSPS) is 10.5. The minimum absolute atomic E-state index is 0.0344. The van der Waals surface area contributed by atoms with Gasteiger partial charge >= 0.3 is 6.61 Å². The standard InChI is InChI=1S/C13H18F2N2O2/c14-13(15)19-11-7-4-3-6-10(11)17-12(18)8-2-1-5-9-16/h3-4,6-7,13H,1-2,5,8-9,16H2,(H,17,18). The Morgan fingerprint density at radius 1 is 1.26 bits per heavy atom. The minimum Gasteiger partial charge on any atom is -0.433 e. The lowest BCUT2D eigenvalue weighted by atomic mass is 10.2. The second kappa shape index (κ2) is 8.42. The topological polar surface area (TPSA) is 64.4 Å². The summed E-state index contributed by atoms with van der Waals surface area (Å²) in [5.74, 6) is -0.254. The summed E-state index contributed by atoms with van der Waals surface area (Å²) in [5.41, 5.74) is 5.60. The number of nitrogens with one attached hydrogen (secondary N) is 1. The van der Waals surface area contributed by atoms with Crippen LogP contribution in [0.5, 0.6) is 5.75 Å². The summed E-state index contributed by atoms with van der Waals surface area (Å²) >= 11 is 0. The van der Waals surface area contributed by atoms with Crippen molar-refractivity contribution < 1.29 is 18.3 Å². The van der Waals surface area contributed by atoms with Crippen molar-refractivity contribution in [3.05, 3.63) is 24.3 Å². The van der Waals surface area contributed by atoms with E-state index in [0.717, 1.165) is 19.3 Å². The van der Waals surface area contributed by atoms with Crippen LogP contribution >= 0.6 is 0 Å². The third kappa shape index (κ3) is 6.15. The molecule has 106 valence electrons. The van der Waals surface area contributed by atoms with Gasteiger partial charge in [0, 0.05) is 6.42 Å². The van der Waals surface area contributed by atoms with E-state index in [0.29, 0.717) is 13.0 Å². The lowest BCUT2D eigenvalue weighted by Crippen LogP contribution is -2.13. The first-order valence-electron chi connectivity index (χ1n) is 6.17. The van der Waals surface area contributed by atoms with Gasteiger partial charge in [0.25, 0.3) is 0 Å². The van der Waals surface area contributed by atoms with Gasteiger partial charge in [-0.25, -0.2) is 0 Å². The Kier molecular flexibility index (Phi) is 6.81. The Morgan fingerprint density at radius 2 is 2.00 bits per heavy atom. The van der Waals surface area contributed by atoms with Crippen LogP contribution in [-0.2, 0) is 4.79 Å². The van der Waals surface area contributed by atoms with Crippen LogP contribution in [0.15, 0.2) is 24.3 Å². The number of hydrogen-bond acceptors (Lipinski definition) is 3. The van der Waals surface area contributed by atoms with E-state index in [-0.39, 0.29) is 17.3 Å². The van der Waals surface area contributed by atoms with E-state index in [1.807, 2.05) is 0 Å². The molecule has 0 bridgehead atoms. The third-order valence-corrected chi connectivity index (χ3v) is 2.49. The zero-order valence-corrected chi connectivity index (χ0v) is 10.6. The predicted molar refractivity (Wildman–Crippen MR) is 69.2 cm³/mol. The van der Waals surface area contributed by atoms with Gasteiger partial charge in [0.15, 0.2) is 0 Å². The Bertz CT molecular complexity index is 400. The fraction of sp³-hybridized carbons (Fsp3) is 0.462. The maximum absolute atomic E-state index is 12.2. The highest BCUT2D eigenvalue weighted by molar-refractivity contribution is 5.92. The van der Waals surface area contributed by atoms with Gasteiger partial charge < -0.3 is 15.8 Å². The van der Waals surface area contributed by atoms with Crippen LogP contribution in [0.2, 0.25) is 0 Å². The number of benzene rings is 1. The van der Waals surface area contributed by atoms with Crippen LogP contribution < -0.4 is 15.8 Å². The molecule has 1 amide bonds. The Labute approximate surface area is 110 Å². The maximum Gasteiger partial charge on any atom is 0.387 e. The van der Waals surface area contributed by atoms with Gasteiger partial charge in [0.05, 0.1) is 5.69 Å². The van der Waals surface area contributed by atoms with Crippen molar-refractivity contribution in [1.29, 1.82) is 0 Å². The number of carbonyl (C=O) groups excluding carboxylic acids is 1. The molecule has 6 heteroatoms. The molecule has 0 saturated heterocycles. The second-order valence-electron chi connectivity index (χ2n) is 4.02. The van der Waals surface area contributed by atoms with Crippen LogP contribution in [0.25, 0.3) is 0 Å². The largest absolute Gasteiger partial charge is 0.433 e. The Hall–Kier alpha value is -1.69. The minimum atomic E-state index is -2.91. The summed E-state index contributed by atoms with van der Waals surface area (Å²) in [7, 11) is 0. The van der Waals surface area contributed by atoms with Crippen LogP contribution in [0.3, 0.4) is 0 Å². The molecule has 0 spiro atoms. The summed E-state index contributed by atoms with van der Waals surface area (Å²) in [4.78, 5) is 11.6. The van der Waals surface area contributed by atoms with E-state index in [1.54, 1.807) is 12.1 Å². The van der Waals surface area contributed by atoms with Gasteiger partial charge in [-0.3, -0.25) is 4.79 Å². The molecule has 0 fully saturated rings. The molecule has 1 aromatic carbocycles. The number of carbonyl (C=O) groups is 1. The smallest absolute Gasteiger partial charge is 0.387 e. The molecule has 19 heavy (non-hydrogen) atoms. The molecule has 1 aromatic rings. The van der Waals surface area contributed by atoms with Gasteiger partial charge in [-0.2, -0.15) is 8.78 Å². The summed E-state index contributed by atoms with van der Waals surface area (Å²) < 4.78 is 28.7. The van der Waals surface area contributed by atoms with Crippen molar-refractivity contribution in [2.75, 3.05) is 11.9 Å².